The molecule has 0 bridgehead atoms. The molecule has 0 spiro atoms. The van der Waals surface area contributed by atoms with Crippen LogP contribution in [0.4, 0.5) is 26.3 Å². The average Bonchev–Trinajstić information content (AvgIpc) is 3.14. The zero-order valence-corrected chi connectivity index (χ0v) is 33.0. The van der Waals surface area contributed by atoms with Crippen LogP contribution in [0.25, 0.3) is 0 Å². The lowest BCUT2D eigenvalue weighted by Crippen LogP contribution is -2.28. The van der Waals surface area contributed by atoms with Crippen LogP contribution in [0.1, 0.15) is 54.5 Å². The van der Waals surface area contributed by atoms with Crippen LogP contribution < -0.4 is 15.4 Å². The van der Waals surface area contributed by atoms with E-state index < -0.39 is 46.3 Å². The summed E-state index contributed by atoms with van der Waals surface area (Å²) in [5, 5.41) is 14.7. The molecule has 2 amide bonds. The SMILES string of the molecule is C.CC(=O)NCCOC(=O)C(Br)c1ccc(Cl)cc1.CC(=O)NCCOC(=O)C(Oc1cccc(C(F)(F)F)c1)c1ccc(Cl)cc1.Oc1cccc(C(F)(F)F)c1. The van der Waals surface area contributed by atoms with E-state index in [4.69, 9.17) is 42.5 Å². The maximum atomic E-state index is 12.9. The zero-order valence-electron chi connectivity index (χ0n) is 29.9. The topological polar surface area (TPSA) is 140 Å². The van der Waals surface area contributed by atoms with Gasteiger partial charge in [0.1, 0.15) is 29.5 Å². The highest BCUT2D eigenvalue weighted by Crippen LogP contribution is 2.33. The van der Waals surface area contributed by atoms with E-state index in [0.717, 1.165) is 29.8 Å². The Bertz CT molecular complexity index is 1920. The molecule has 4 aromatic rings. The fourth-order valence-corrected chi connectivity index (χ4v) is 4.82. The second-order valence-electron chi connectivity index (χ2n) is 11.3. The van der Waals surface area contributed by atoms with Crippen molar-refractivity contribution >= 4 is 62.9 Å². The Balaban J connectivity index is 0.000000479. The Morgan fingerprint density at radius 1 is 0.672 bits per heavy atom. The number of aromatic hydroxyl groups is 1. The monoisotopic (exact) mass is 926 g/mol. The summed E-state index contributed by atoms with van der Waals surface area (Å²) in [5.74, 6) is -2.18. The number of rotatable bonds is 12. The van der Waals surface area contributed by atoms with Crippen LogP contribution in [0.5, 0.6) is 11.5 Å². The van der Waals surface area contributed by atoms with Crippen molar-refractivity contribution in [3.63, 3.8) is 0 Å². The van der Waals surface area contributed by atoms with E-state index in [1.165, 1.54) is 56.3 Å². The highest BCUT2D eigenvalue weighted by molar-refractivity contribution is 9.09. The third-order valence-electron chi connectivity index (χ3n) is 6.79. The summed E-state index contributed by atoms with van der Waals surface area (Å²) >= 11 is 14.8. The first kappa shape index (κ1) is 51.0. The molecule has 19 heteroatoms. The second-order valence-corrected chi connectivity index (χ2v) is 13.1. The molecule has 3 N–H and O–H groups in total. The van der Waals surface area contributed by atoms with Crippen molar-refractivity contribution < 1.29 is 64.8 Å². The number of hydrogen-bond donors (Lipinski definition) is 3. The Labute approximate surface area is 348 Å². The van der Waals surface area contributed by atoms with Gasteiger partial charge in [0.15, 0.2) is 0 Å². The number of ether oxygens (including phenoxy) is 3. The van der Waals surface area contributed by atoms with Crippen molar-refractivity contribution in [1.82, 2.24) is 10.6 Å². The molecular weight excluding hydrogens is 889 g/mol. The molecule has 0 aromatic heterocycles. The normalized spacial score (nSPS) is 11.7. The first-order valence-corrected chi connectivity index (χ1v) is 18.0. The number of carbonyl (C=O) groups is 4. The van der Waals surface area contributed by atoms with Gasteiger partial charge in [-0.15, -0.1) is 0 Å². The van der Waals surface area contributed by atoms with E-state index in [1.54, 1.807) is 24.3 Å². The summed E-state index contributed by atoms with van der Waals surface area (Å²) in [7, 11) is 0. The lowest BCUT2D eigenvalue weighted by molar-refractivity contribution is -0.152. The Morgan fingerprint density at radius 2 is 1.10 bits per heavy atom. The lowest BCUT2D eigenvalue weighted by atomic mass is 10.1. The van der Waals surface area contributed by atoms with Gasteiger partial charge < -0.3 is 30.0 Å². The van der Waals surface area contributed by atoms with E-state index in [2.05, 4.69) is 26.6 Å². The van der Waals surface area contributed by atoms with Gasteiger partial charge in [-0.05, 0) is 66.2 Å². The highest BCUT2D eigenvalue weighted by atomic mass is 79.9. The number of phenols is 1. The van der Waals surface area contributed by atoms with Gasteiger partial charge in [0.05, 0.1) is 24.2 Å². The molecule has 0 fully saturated rings. The fourth-order valence-electron chi connectivity index (χ4n) is 4.13. The molecular formula is C39H39BrCl2F6N2O8. The van der Waals surface area contributed by atoms with E-state index >= 15 is 0 Å². The van der Waals surface area contributed by atoms with Gasteiger partial charge in [-0.25, -0.2) is 4.79 Å². The van der Waals surface area contributed by atoms with Gasteiger partial charge in [-0.3, -0.25) is 14.4 Å². The Kier molecular flexibility index (Phi) is 21.7. The molecule has 0 heterocycles. The maximum Gasteiger partial charge on any atom is 0.416 e. The Hall–Kier alpha value is -5.00. The summed E-state index contributed by atoms with van der Waals surface area (Å²) in [6.07, 6.45) is -10.2. The highest BCUT2D eigenvalue weighted by Gasteiger charge is 2.32. The summed E-state index contributed by atoms with van der Waals surface area (Å²) in [5.41, 5.74) is -0.619. The molecule has 58 heavy (non-hydrogen) atoms. The molecule has 2 atom stereocenters. The second kappa shape index (κ2) is 24.7. The van der Waals surface area contributed by atoms with E-state index in [-0.39, 0.29) is 50.5 Å². The number of benzene rings is 4. The van der Waals surface area contributed by atoms with Crippen molar-refractivity contribution in [1.29, 1.82) is 0 Å². The predicted octanol–water partition coefficient (Wildman–Crippen LogP) is 9.66. The standard InChI is InChI=1S/C19H17ClF3NO4.C12H13BrClNO3.C7H5F3O.CH4/c1-12(25)24-9-10-27-18(26)17(13-5-7-15(20)8-6-13)28-16-4-2-3-14(11-16)19(21,22)23;1-8(16)15-6-7-18-12(17)11(13)9-2-4-10(14)5-3-9;8-7(9,10)5-2-1-3-6(11)4-5;/h2-8,11,17H,9-10H2,1H3,(H,24,25);2-5,11H,6-7H2,1H3,(H,15,16);1-4,11H;1H4. The molecule has 0 aliphatic carbocycles. The van der Waals surface area contributed by atoms with Crippen molar-refractivity contribution in [2.45, 2.75) is 44.6 Å². The van der Waals surface area contributed by atoms with Crippen molar-refractivity contribution in [3.05, 3.63) is 129 Å². The van der Waals surface area contributed by atoms with E-state index in [0.29, 0.717) is 28.2 Å². The van der Waals surface area contributed by atoms with Crippen LogP contribution >= 0.6 is 39.1 Å². The third kappa shape index (κ3) is 19.4. The first-order valence-electron chi connectivity index (χ1n) is 16.3. The molecule has 316 valence electrons. The van der Waals surface area contributed by atoms with Crippen LogP contribution in [0.15, 0.2) is 97.1 Å². The van der Waals surface area contributed by atoms with Crippen molar-refractivity contribution in [2.24, 2.45) is 0 Å². The number of amides is 2. The number of nitrogens with one attached hydrogen (secondary N) is 2. The summed E-state index contributed by atoms with van der Waals surface area (Å²) < 4.78 is 89.9. The van der Waals surface area contributed by atoms with Crippen molar-refractivity contribution in [3.8, 4) is 11.5 Å². The minimum absolute atomic E-state index is 0. The molecule has 4 rings (SSSR count). The summed E-state index contributed by atoms with van der Waals surface area (Å²) in [4.78, 5) is 45.0. The molecule has 0 aliphatic rings. The number of hydrogen-bond acceptors (Lipinski definition) is 8. The third-order valence-corrected chi connectivity index (χ3v) is 8.19. The van der Waals surface area contributed by atoms with E-state index in [9.17, 15) is 45.5 Å². The molecule has 0 radical (unpaired) electrons. The van der Waals surface area contributed by atoms with Crippen LogP contribution in [0, 0.1) is 0 Å². The number of halogens is 9. The van der Waals surface area contributed by atoms with Gasteiger partial charge in [-0.2, -0.15) is 26.3 Å². The zero-order chi connectivity index (χ0) is 42.8. The quantitative estimate of drug-likeness (QED) is 0.0553. The molecule has 0 saturated heterocycles. The smallest absolute Gasteiger partial charge is 0.416 e. The lowest BCUT2D eigenvalue weighted by Gasteiger charge is -2.19. The van der Waals surface area contributed by atoms with Gasteiger partial charge in [0.25, 0.3) is 0 Å². The molecule has 0 aliphatic heterocycles. The molecule has 2 unspecified atom stereocenters. The Morgan fingerprint density at radius 3 is 1.53 bits per heavy atom. The minimum Gasteiger partial charge on any atom is -0.508 e. The summed E-state index contributed by atoms with van der Waals surface area (Å²) in [6.45, 7) is 3.15. The fraction of sp³-hybridized carbons (Fsp3) is 0.282. The summed E-state index contributed by atoms with van der Waals surface area (Å²) in [6, 6.07) is 21.1. The molecule has 0 saturated carbocycles. The largest absolute Gasteiger partial charge is 0.508 e. The molecule has 4 aromatic carbocycles. The van der Waals surface area contributed by atoms with Gasteiger partial charge in [0.2, 0.25) is 17.9 Å². The number of alkyl halides is 7. The number of esters is 2. The predicted molar refractivity (Wildman–Crippen MR) is 209 cm³/mol. The minimum atomic E-state index is -4.55. The van der Waals surface area contributed by atoms with Crippen LogP contribution in [-0.2, 0) is 41.0 Å². The van der Waals surface area contributed by atoms with Gasteiger partial charge in [-0.1, -0.05) is 83.0 Å². The maximum absolute atomic E-state index is 12.9. The number of phenolic OH excluding ortho intramolecular Hbond substituents is 1. The van der Waals surface area contributed by atoms with Gasteiger partial charge in [0, 0.05) is 29.5 Å². The van der Waals surface area contributed by atoms with Crippen molar-refractivity contribution in [2.75, 3.05) is 26.3 Å². The van der Waals surface area contributed by atoms with Crippen LogP contribution in [0.2, 0.25) is 10.0 Å². The van der Waals surface area contributed by atoms with Crippen LogP contribution in [0.3, 0.4) is 0 Å². The first-order chi connectivity index (χ1) is 26.7. The van der Waals surface area contributed by atoms with Gasteiger partial charge >= 0.3 is 24.3 Å². The average molecular weight is 929 g/mol. The number of carbonyl (C=O) groups excluding carboxylic acids is 4. The van der Waals surface area contributed by atoms with E-state index in [1.807, 2.05) is 0 Å². The molecule has 10 nitrogen and oxygen atoms in total. The van der Waals surface area contributed by atoms with Crippen LogP contribution in [-0.4, -0.2) is 55.2 Å².